The van der Waals surface area contributed by atoms with E-state index in [-0.39, 0.29) is 18.2 Å². The summed E-state index contributed by atoms with van der Waals surface area (Å²) < 4.78 is 6.08. The number of carbonyl (C=O) groups is 2. The van der Waals surface area contributed by atoms with Crippen molar-refractivity contribution in [1.82, 2.24) is 5.43 Å². The fourth-order valence-electron chi connectivity index (χ4n) is 2.24. The van der Waals surface area contributed by atoms with Crippen molar-refractivity contribution in [3.63, 3.8) is 0 Å². The maximum atomic E-state index is 12.2. The second-order valence-electron chi connectivity index (χ2n) is 5.70. The Hall–Kier alpha value is -2.42. The standard InChI is InChI=1S/C19H20IN3O3/c1-12-8-9-17(26-3)16(10-12)21-18(24)11-13(2)22-23-19(25)14-6-4-5-7-15(14)20/h4-10H,11H2,1-3H3,(H,21,24)(H,23,25)/b22-13+. The van der Waals surface area contributed by atoms with Crippen molar-refractivity contribution < 1.29 is 14.3 Å². The van der Waals surface area contributed by atoms with Crippen LogP contribution in [0.4, 0.5) is 5.69 Å². The molecular formula is C19H20IN3O3. The number of hydrogen-bond donors (Lipinski definition) is 2. The summed E-state index contributed by atoms with van der Waals surface area (Å²) in [6, 6.07) is 12.7. The topological polar surface area (TPSA) is 79.8 Å². The maximum absolute atomic E-state index is 12.2. The van der Waals surface area contributed by atoms with Crippen molar-refractivity contribution in [2.24, 2.45) is 5.10 Å². The molecule has 0 spiro atoms. The molecule has 2 aromatic rings. The molecule has 2 N–H and O–H groups in total. The summed E-state index contributed by atoms with van der Waals surface area (Å²) in [5, 5.41) is 6.81. The van der Waals surface area contributed by atoms with Crippen molar-refractivity contribution in [2.45, 2.75) is 20.3 Å². The van der Waals surface area contributed by atoms with Gasteiger partial charge in [0.1, 0.15) is 5.75 Å². The molecule has 0 aromatic heterocycles. The van der Waals surface area contributed by atoms with Crippen LogP contribution in [0.1, 0.15) is 29.3 Å². The highest BCUT2D eigenvalue weighted by molar-refractivity contribution is 14.1. The Kier molecular flexibility index (Phi) is 7.14. The van der Waals surface area contributed by atoms with Crippen LogP contribution < -0.4 is 15.5 Å². The zero-order valence-electron chi connectivity index (χ0n) is 14.8. The number of rotatable bonds is 6. The highest BCUT2D eigenvalue weighted by atomic mass is 127. The van der Waals surface area contributed by atoms with E-state index in [0.717, 1.165) is 9.13 Å². The lowest BCUT2D eigenvalue weighted by Crippen LogP contribution is -2.22. The second kappa shape index (κ2) is 9.33. The van der Waals surface area contributed by atoms with Gasteiger partial charge in [0.25, 0.3) is 5.91 Å². The minimum atomic E-state index is -0.310. The third-order valence-corrected chi connectivity index (χ3v) is 4.45. The molecule has 0 aliphatic carbocycles. The first-order valence-corrected chi connectivity index (χ1v) is 9.01. The molecule has 0 bridgehead atoms. The summed E-state index contributed by atoms with van der Waals surface area (Å²) in [5.74, 6) is 0.0410. The van der Waals surface area contributed by atoms with E-state index in [1.54, 1.807) is 32.2 Å². The fraction of sp³-hybridized carbons (Fsp3) is 0.211. The molecule has 2 amide bonds. The molecule has 7 heteroatoms. The molecule has 136 valence electrons. The van der Waals surface area contributed by atoms with Crippen LogP contribution in [0, 0.1) is 10.5 Å². The van der Waals surface area contributed by atoms with Gasteiger partial charge in [0, 0.05) is 9.28 Å². The van der Waals surface area contributed by atoms with Crippen LogP contribution >= 0.6 is 22.6 Å². The number of nitrogens with zero attached hydrogens (tertiary/aromatic N) is 1. The van der Waals surface area contributed by atoms with E-state index in [4.69, 9.17) is 4.74 Å². The number of hydrogen-bond acceptors (Lipinski definition) is 4. The summed E-state index contributed by atoms with van der Waals surface area (Å²) in [6.45, 7) is 3.62. The number of amides is 2. The van der Waals surface area contributed by atoms with E-state index in [2.05, 4.69) is 38.4 Å². The van der Waals surface area contributed by atoms with Crippen LogP contribution in [0.2, 0.25) is 0 Å². The lowest BCUT2D eigenvalue weighted by atomic mass is 10.2. The molecular weight excluding hydrogens is 445 g/mol. The highest BCUT2D eigenvalue weighted by Gasteiger charge is 2.11. The normalized spacial score (nSPS) is 11.0. The number of hydrazone groups is 1. The van der Waals surface area contributed by atoms with E-state index in [0.29, 0.717) is 22.7 Å². The zero-order chi connectivity index (χ0) is 19.1. The van der Waals surface area contributed by atoms with E-state index in [1.165, 1.54) is 0 Å². The SMILES string of the molecule is COc1ccc(C)cc1NC(=O)C/C(C)=N/NC(=O)c1ccccc1I. The molecule has 0 heterocycles. The average Bonchev–Trinajstić information content (AvgIpc) is 2.60. The number of halogens is 1. The average molecular weight is 465 g/mol. The number of nitrogens with one attached hydrogen (secondary N) is 2. The second-order valence-corrected chi connectivity index (χ2v) is 6.86. The first-order valence-electron chi connectivity index (χ1n) is 7.93. The summed E-state index contributed by atoms with van der Waals surface area (Å²) in [6.07, 6.45) is 0.0588. The van der Waals surface area contributed by atoms with Gasteiger partial charge in [-0.1, -0.05) is 18.2 Å². The van der Waals surface area contributed by atoms with Gasteiger partial charge in [-0.25, -0.2) is 5.43 Å². The minimum absolute atomic E-state index is 0.0588. The van der Waals surface area contributed by atoms with Crippen LogP contribution in [-0.4, -0.2) is 24.6 Å². The van der Waals surface area contributed by atoms with Crippen molar-refractivity contribution in [3.05, 3.63) is 57.2 Å². The third-order valence-electron chi connectivity index (χ3n) is 3.51. The Morgan fingerprint density at radius 3 is 2.62 bits per heavy atom. The molecule has 26 heavy (non-hydrogen) atoms. The Bertz CT molecular complexity index is 850. The van der Waals surface area contributed by atoms with Gasteiger partial charge in [0.05, 0.1) is 24.8 Å². The van der Waals surface area contributed by atoms with Crippen LogP contribution in [0.15, 0.2) is 47.6 Å². The van der Waals surface area contributed by atoms with Gasteiger partial charge in [-0.2, -0.15) is 5.10 Å². The molecule has 0 radical (unpaired) electrons. The van der Waals surface area contributed by atoms with Crippen LogP contribution in [-0.2, 0) is 4.79 Å². The maximum Gasteiger partial charge on any atom is 0.272 e. The third kappa shape index (κ3) is 5.55. The Morgan fingerprint density at radius 2 is 1.92 bits per heavy atom. The lowest BCUT2D eigenvalue weighted by molar-refractivity contribution is -0.115. The summed E-state index contributed by atoms with van der Waals surface area (Å²) in [5.41, 5.74) is 5.13. The predicted molar refractivity (Wildman–Crippen MR) is 111 cm³/mol. The van der Waals surface area contributed by atoms with Gasteiger partial charge >= 0.3 is 0 Å². The molecule has 0 aliphatic heterocycles. The highest BCUT2D eigenvalue weighted by Crippen LogP contribution is 2.25. The summed E-state index contributed by atoms with van der Waals surface area (Å²) >= 11 is 2.09. The molecule has 0 saturated heterocycles. The molecule has 0 fully saturated rings. The smallest absolute Gasteiger partial charge is 0.272 e. The molecule has 2 aromatic carbocycles. The summed E-state index contributed by atoms with van der Waals surface area (Å²) in [7, 11) is 1.55. The van der Waals surface area contributed by atoms with Crippen LogP contribution in [0.25, 0.3) is 0 Å². The first kappa shape index (κ1) is 19.9. The monoisotopic (exact) mass is 465 g/mol. The molecule has 6 nitrogen and oxygen atoms in total. The van der Waals surface area contributed by atoms with Gasteiger partial charge in [-0.3, -0.25) is 9.59 Å². The van der Waals surface area contributed by atoms with E-state index in [1.807, 2.05) is 31.2 Å². The van der Waals surface area contributed by atoms with Gasteiger partial charge in [-0.15, -0.1) is 0 Å². The van der Waals surface area contributed by atoms with Crippen molar-refractivity contribution >= 4 is 45.8 Å². The number of benzene rings is 2. The van der Waals surface area contributed by atoms with E-state index < -0.39 is 0 Å². The Morgan fingerprint density at radius 1 is 1.19 bits per heavy atom. The molecule has 0 aliphatic rings. The van der Waals surface area contributed by atoms with Gasteiger partial charge in [-0.05, 0) is 66.3 Å². The Labute approximate surface area is 166 Å². The summed E-state index contributed by atoms with van der Waals surface area (Å²) in [4.78, 5) is 24.3. The number of aryl methyl sites for hydroxylation is 1. The largest absolute Gasteiger partial charge is 0.495 e. The van der Waals surface area contributed by atoms with Gasteiger partial charge < -0.3 is 10.1 Å². The number of anilines is 1. The van der Waals surface area contributed by atoms with E-state index in [9.17, 15) is 9.59 Å². The van der Waals surface area contributed by atoms with Crippen LogP contribution in [0.3, 0.4) is 0 Å². The van der Waals surface area contributed by atoms with Crippen LogP contribution in [0.5, 0.6) is 5.75 Å². The fourth-order valence-corrected chi connectivity index (χ4v) is 2.87. The van der Waals surface area contributed by atoms with Crippen molar-refractivity contribution in [1.29, 1.82) is 0 Å². The Balaban J connectivity index is 1.96. The van der Waals surface area contributed by atoms with Gasteiger partial charge in [0.2, 0.25) is 5.91 Å². The predicted octanol–water partition coefficient (Wildman–Crippen LogP) is 3.74. The lowest BCUT2D eigenvalue weighted by Gasteiger charge is -2.11. The first-order chi connectivity index (χ1) is 12.4. The van der Waals surface area contributed by atoms with Crippen molar-refractivity contribution in [2.75, 3.05) is 12.4 Å². The quantitative estimate of drug-likeness (QED) is 0.388. The molecule has 0 unspecified atom stereocenters. The van der Waals surface area contributed by atoms with Gasteiger partial charge in [0.15, 0.2) is 0 Å². The number of methoxy groups -OCH3 is 1. The molecule has 2 rings (SSSR count). The number of carbonyl (C=O) groups excluding carboxylic acids is 2. The zero-order valence-corrected chi connectivity index (χ0v) is 17.0. The van der Waals surface area contributed by atoms with Crippen molar-refractivity contribution in [3.8, 4) is 5.75 Å². The van der Waals surface area contributed by atoms with E-state index >= 15 is 0 Å². The number of ether oxygens (including phenoxy) is 1. The minimum Gasteiger partial charge on any atom is -0.495 e. The molecule has 0 saturated carbocycles. The molecule has 0 atom stereocenters.